The number of carbonyl (C=O) groups is 2. The van der Waals surface area contributed by atoms with Crippen LogP contribution in [0.4, 0.5) is 4.79 Å². The van der Waals surface area contributed by atoms with Crippen LogP contribution in [0.2, 0.25) is 0 Å². The number of aryl methyl sites for hydroxylation is 1. The van der Waals surface area contributed by atoms with Crippen molar-refractivity contribution < 1.29 is 23.6 Å². The number of ether oxygens (including phenoxy) is 2. The zero-order valence-electron chi connectivity index (χ0n) is 20.6. The van der Waals surface area contributed by atoms with Crippen molar-refractivity contribution in [2.24, 2.45) is 0 Å². The minimum Gasteiger partial charge on any atom is -0.490 e. The quantitative estimate of drug-likeness (QED) is 0.649. The molecule has 34 heavy (non-hydrogen) atoms. The van der Waals surface area contributed by atoms with E-state index in [9.17, 15) is 9.59 Å². The van der Waals surface area contributed by atoms with Gasteiger partial charge in [0.25, 0.3) is 0 Å². The predicted octanol–water partition coefficient (Wildman–Crippen LogP) is 3.47. The van der Waals surface area contributed by atoms with Crippen LogP contribution in [0.1, 0.15) is 64.8 Å². The van der Waals surface area contributed by atoms with Crippen LogP contribution in [0.3, 0.4) is 0 Å². The van der Waals surface area contributed by atoms with Gasteiger partial charge in [-0.1, -0.05) is 5.16 Å². The van der Waals surface area contributed by atoms with E-state index in [1.165, 1.54) is 0 Å². The van der Waals surface area contributed by atoms with Crippen LogP contribution in [0.5, 0.6) is 0 Å². The molecule has 2 amide bonds. The lowest BCUT2D eigenvalue weighted by atomic mass is 10.0. The van der Waals surface area contributed by atoms with Crippen molar-refractivity contribution in [3.05, 3.63) is 35.6 Å². The van der Waals surface area contributed by atoms with Crippen LogP contribution in [-0.2, 0) is 20.7 Å². The van der Waals surface area contributed by atoms with Gasteiger partial charge in [-0.2, -0.15) is 0 Å². The molecule has 2 fully saturated rings. The van der Waals surface area contributed by atoms with Crippen molar-refractivity contribution in [3.63, 3.8) is 0 Å². The molecule has 3 aliphatic rings. The van der Waals surface area contributed by atoms with Gasteiger partial charge < -0.3 is 29.1 Å². The van der Waals surface area contributed by atoms with Gasteiger partial charge >= 0.3 is 6.09 Å². The summed E-state index contributed by atoms with van der Waals surface area (Å²) in [6, 6.07) is 1.93. The number of hydrogen-bond donors (Lipinski definition) is 1. The first-order valence-corrected chi connectivity index (χ1v) is 12.2. The minimum absolute atomic E-state index is 0.00280. The molecule has 0 bridgehead atoms. The van der Waals surface area contributed by atoms with Gasteiger partial charge in [-0.05, 0) is 53.0 Å². The second-order valence-electron chi connectivity index (χ2n) is 10.2. The molecule has 0 radical (unpaired) electrons. The number of likely N-dealkylation sites (tertiary alicyclic amines) is 2. The molecule has 0 saturated carbocycles. The van der Waals surface area contributed by atoms with E-state index >= 15 is 0 Å². The summed E-state index contributed by atoms with van der Waals surface area (Å²) >= 11 is 0. The fraction of sp³-hybridized carbons (Fsp3) is 0.640. The number of rotatable bonds is 7. The Labute approximate surface area is 201 Å². The number of aromatic nitrogens is 1. The monoisotopic (exact) mass is 472 g/mol. The van der Waals surface area contributed by atoms with Gasteiger partial charge in [-0.15, -0.1) is 0 Å². The average Bonchev–Trinajstić information content (AvgIpc) is 3.43. The third-order valence-corrected chi connectivity index (χ3v) is 6.35. The van der Waals surface area contributed by atoms with Gasteiger partial charge in [0.05, 0.1) is 17.8 Å². The van der Waals surface area contributed by atoms with E-state index in [1.54, 1.807) is 4.90 Å². The molecule has 0 aliphatic carbocycles. The molecule has 1 unspecified atom stereocenters. The smallest absolute Gasteiger partial charge is 0.410 e. The maximum atomic E-state index is 12.3. The van der Waals surface area contributed by atoms with Crippen molar-refractivity contribution >= 4 is 17.6 Å². The van der Waals surface area contributed by atoms with Crippen LogP contribution in [-0.4, -0.2) is 70.9 Å². The van der Waals surface area contributed by atoms with Gasteiger partial charge in [0.2, 0.25) is 5.91 Å². The van der Waals surface area contributed by atoms with Crippen molar-refractivity contribution in [2.45, 2.75) is 77.5 Å². The Kier molecular flexibility index (Phi) is 7.19. The second kappa shape index (κ2) is 10.1. The first-order chi connectivity index (χ1) is 16.2. The van der Waals surface area contributed by atoms with Gasteiger partial charge in [-0.25, -0.2) is 4.79 Å². The second-order valence-corrected chi connectivity index (χ2v) is 10.2. The summed E-state index contributed by atoms with van der Waals surface area (Å²) < 4.78 is 17.1. The summed E-state index contributed by atoms with van der Waals surface area (Å²) in [7, 11) is 0. The Morgan fingerprint density at radius 1 is 1.24 bits per heavy atom. The largest absolute Gasteiger partial charge is 0.490 e. The fourth-order valence-electron chi connectivity index (χ4n) is 4.28. The van der Waals surface area contributed by atoms with Crippen LogP contribution in [0, 0.1) is 0 Å². The fourth-order valence-corrected chi connectivity index (χ4v) is 4.28. The summed E-state index contributed by atoms with van der Waals surface area (Å²) in [5, 5.41) is 7.46. The maximum absolute atomic E-state index is 12.3. The van der Waals surface area contributed by atoms with Crippen molar-refractivity contribution in [1.29, 1.82) is 0 Å². The van der Waals surface area contributed by atoms with E-state index in [1.807, 2.05) is 50.9 Å². The van der Waals surface area contributed by atoms with E-state index in [2.05, 4.69) is 10.5 Å². The lowest BCUT2D eigenvalue weighted by Gasteiger charge is -2.41. The van der Waals surface area contributed by atoms with Gasteiger partial charge in [-0.3, -0.25) is 4.79 Å². The number of nitrogens with zero attached hydrogens (tertiary/aromatic N) is 3. The highest BCUT2D eigenvalue weighted by molar-refractivity contribution is 5.76. The van der Waals surface area contributed by atoms with Crippen molar-refractivity contribution in [2.75, 3.05) is 26.2 Å². The Bertz CT molecular complexity index is 955. The Morgan fingerprint density at radius 2 is 2.00 bits per heavy atom. The van der Waals surface area contributed by atoms with E-state index in [0.29, 0.717) is 37.5 Å². The predicted molar refractivity (Wildman–Crippen MR) is 127 cm³/mol. The molecule has 9 heteroatoms. The maximum Gasteiger partial charge on any atom is 0.410 e. The Morgan fingerprint density at radius 3 is 2.68 bits per heavy atom. The van der Waals surface area contributed by atoms with Crippen LogP contribution in [0.15, 0.2) is 28.6 Å². The highest BCUT2D eigenvalue weighted by Crippen LogP contribution is 2.27. The minimum atomic E-state index is -0.515. The zero-order valence-corrected chi connectivity index (χ0v) is 20.6. The van der Waals surface area contributed by atoms with E-state index in [0.717, 1.165) is 43.6 Å². The van der Waals surface area contributed by atoms with Crippen LogP contribution < -0.4 is 5.32 Å². The van der Waals surface area contributed by atoms with E-state index in [-0.39, 0.29) is 24.1 Å². The molecule has 9 nitrogen and oxygen atoms in total. The first kappa shape index (κ1) is 24.2. The third-order valence-electron chi connectivity index (χ3n) is 6.35. The van der Waals surface area contributed by atoms with E-state index < -0.39 is 5.60 Å². The van der Waals surface area contributed by atoms with Gasteiger partial charge in [0.15, 0.2) is 5.76 Å². The van der Waals surface area contributed by atoms with Crippen molar-refractivity contribution in [1.82, 2.24) is 20.3 Å². The standard InChI is InChI=1S/C25H36N4O5/c1-17-21(22-13-18(27-34-22)7-8-23(30)28-10-5-6-11-28)14-20(15-26-17)32-16-19-9-12-29(19)24(31)33-25(2,3)4/h13-15,17,19,26H,5-12,16H2,1-4H3/t17?,19-/m0/s1. The lowest BCUT2D eigenvalue weighted by molar-refractivity contribution is -0.130. The molecule has 1 N–H and O–H groups in total. The summed E-state index contributed by atoms with van der Waals surface area (Å²) in [4.78, 5) is 28.3. The molecule has 0 aromatic carbocycles. The van der Waals surface area contributed by atoms with E-state index in [4.69, 9.17) is 14.0 Å². The highest BCUT2D eigenvalue weighted by atomic mass is 16.6. The molecule has 2 saturated heterocycles. The molecule has 2 atom stereocenters. The molecule has 4 rings (SSSR count). The lowest BCUT2D eigenvalue weighted by Crippen LogP contribution is -2.54. The molecule has 1 aromatic rings. The summed E-state index contributed by atoms with van der Waals surface area (Å²) in [5.74, 6) is 1.52. The highest BCUT2D eigenvalue weighted by Gasteiger charge is 2.36. The van der Waals surface area contributed by atoms with Crippen molar-refractivity contribution in [3.8, 4) is 0 Å². The molecule has 0 spiro atoms. The molecular formula is C25H36N4O5. The summed E-state index contributed by atoms with van der Waals surface area (Å²) in [6.45, 7) is 10.4. The zero-order chi connectivity index (χ0) is 24.3. The SMILES string of the molecule is CC1NC=C(OC[C@@H]2CCN2C(=O)OC(C)(C)C)C=C1c1cc(CCC(=O)N2CCCC2)no1. The summed E-state index contributed by atoms with van der Waals surface area (Å²) in [5.41, 5.74) is 1.19. The third kappa shape index (κ3) is 5.93. The topological polar surface area (TPSA) is 97.1 Å². The number of amides is 2. The molecule has 3 aliphatic heterocycles. The number of dihydropyridines is 1. The average molecular weight is 473 g/mol. The van der Waals surface area contributed by atoms with Crippen LogP contribution in [0.25, 0.3) is 5.57 Å². The van der Waals surface area contributed by atoms with Crippen LogP contribution >= 0.6 is 0 Å². The number of allylic oxidation sites excluding steroid dienone is 1. The number of nitrogens with one attached hydrogen (secondary N) is 1. The van der Waals surface area contributed by atoms with Gasteiger partial charge in [0.1, 0.15) is 18.0 Å². The summed E-state index contributed by atoms with van der Waals surface area (Å²) in [6.07, 6.45) is 7.55. The Balaban J connectivity index is 1.30. The number of hydrogen-bond acceptors (Lipinski definition) is 7. The molecule has 1 aromatic heterocycles. The Hall–Kier alpha value is -2.97. The molecular weight excluding hydrogens is 436 g/mol. The van der Waals surface area contributed by atoms with Gasteiger partial charge in [0, 0.05) is 50.3 Å². The molecule has 4 heterocycles. The first-order valence-electron chi connectivity index (χ1n) is 12.2. The normalized spacial score (nSPS) is 22.5. The number of carbonyl (C=O) groups excluding carboxylic acids is 2. The molecule has 186 valence electrons.